The third-order valence-corrected chi connectivity index (χ3v) is 3.93. The molecule has 0 atom stereocenters. The highest BCUT2D eigenvalue weighted by Crippen LogP contribution is 2.38. The van der Waals surface area contributed by atoms with Crippen molar-refractivity contribution in [3.8, 4) is 17.2 Å². The number of hydrogen-bond acceptors (Lipinski definition) is 7. The summed E-state index contributed by atoms with van der Waals surface area (Å²) in [4.78, 5) is 28.1. The van der Waals surface area contributed by atoms with Gasteiger partial charge in [-0.25, -0.2) is 4.98 Å². The molecule has 0 spiro atoms. The van der Waals surface area contributed by atoms with E-state index in [4.69, 9.17) is 14.2 Å². The standard InChI is InChI=1S/C16H18N2O5S/c1-21-12-8-10(9-13(22-2)15(12)23-3)11(19)4-5-14(20)18-16-17-6-7-24-16/h6-9H,4-5H2,1-3H3,(H,17,18,20). The minimum absolute atomic E-state index is 0.0646. The number of aromatic nitrogens is 1. The predicted octanol–water partition coefficient (Wildman–Crippen LogP) is 2.77. The number of carbonyl (C=O) groups excluding carboxylic acids is 2. The third kappa shape index (κ3) is 4.23. The second-order valence-corrected chi connectivity index (χ2v) is 5.62. The van der Waals surface area contributed by atoms with E-state index in [0.29, 0.717) is 27.9 Å². The van der Waals surface area contributed by atoms with Crippen LogP contribution in [0, 0.1) is 0 Å². The molecule has 0 radical (unpaired) electrons. The lowest BCUT2D eigenvalue weighted by atomic mass is 10.0. The monoisotopic (exact) mass is 350 g/mol. The van der Waals surface area contributed by atoms with Crippen LogP contribution in [0.5, 0.6) is 17.2 Å². The lowest BCUT2D eigenvalue weighted by molar-refractivity contribution is -0.116. The maximum absolute atomic E-state index is 12.3. The molecule has 2 aromatic rings. The van der Waals surface area contributed by atoms with E-state index in [1.165, 1.54) is 32.7 Å². The van der Waals surface area contributed by atoms with Gasteiger partial charge in [-0.1, -0.05) is 0 Å². The third-order valence-electron chi connectivity index (χ3n) is 3.24. The molecule has 0 fully saturated rings. The van der Waals surface area contributed by atoms with Crippen molar-refractivity contribution in [2.24, 2.45) is 0 Å². The molecule has 24 heavy (non-hydrogen) atoms. The van der Waals surface area contributed by atoms with Gasteiger partial charge in [0.05, 0.1) is 21.3 Å². The molecule has 0 aliphatic carbocycles. The Hall–Kier alpha value is -2.61. The average molecular weight is 350 g/mol. The van der Waals surface area contributed by atoms with Gasteiger partial charge in [0.1, 0.15) is 0 Å². The number of methoxy groups -OCH3 is 3. The molecule has 1 N–H and O–H groups in total. The maximum atomic E-state index is 12.3. The second kappa shape index (κ2) is 8.30. The van der Waals surface area contributed by atoms with E-state index >= 15 is 0 Å². The van der Waals surface area contributed by atoms with Crippen molar-refractivity contribution in [1.29, 1.82) is 0 Å². The normalized spacial score (nSPS) is 10.1. The van der Waals surface area contributed by atoms with Gasteiger partial charge >= 0.3 is 0 Å². The first-order chi connectivity index (χ1) is 11.6. The van der Waals surface area contributed by atoms with Crippen molar-refractivity contribution in [2.75, 3.05) is 26.6 Å². The van der Waals surface area contributed by atoms with Crippen molar-refractivity contribution < 1.29 is 23.8 Å². The van der Waals surface area contributed by atoms with Gasteiger partial charge in [0.15, 0.2) is 22.4 Å². The molecule has 0 aliphatic heterocycles. The fourth-order valence-corrected chi connectivity index (χ4v) is 2.63. The van der Waals surface area contributed by atoms with Crippen LogP contribution in [-0.2, 0) is 4.79 Å². The van der Waals surface area contributed by atoms with Crippen LogP contribution in [-0.4, -0.2) is 38.0 Å². The molecular weight excluding hydrogens is 332 g/mol. The van der Waals surface area contributed by atoms with Crippen LogP contribution in [0.3, 0.4) is 0 Å². The van der Waals surface area contributed by atoms with Crippen LogP contribution in [0.2, 0.25) is 0 Å². The number of benzene rings is 1. The summed E-state index contributed by atoms with van der Waals surface area (Å²) in [5, 5.41) is 4.91. The van der Waals surface area contributed by atoms with E-state index in [1.807, 2.05) is 0 Å². The summed E-state index contributed by atoms with van der Waals surface area (Å²) in [5.41, 5.74) is 0.395. The highest BCUT2D eigenvalue weighted by molar-refractivity contribution is 7.13. The van der Waals surface area contributed by atoms with E-state index in [1.54, 1.807) is 23.7 Å². The minimum Gasteiger partial charge on any atom is -0.493 e. The van der Waals surface area contributed by atoms with Crippen molar-refractivity contribution in [1.82, 2.24) is 4.98 Å². The fraction of sp³-hybridized carbons (Fsp3) is 0.312. The topological polar surface area (TPSA) is 86.8 Å². The number of carbonyl (C=O) groups is 2. The Bertz CT molecular complexity index is 690. The number of hydrogen-bond donors (Lipinski definition) is 1. The SMILES string of the molecule is COc1cc(C(=O)CCC(=O)Nc2nccs2)cc(OC)c1OC. The molecule has 1 aromatic carbocycles. The average Bonchev–Trinajstić information content (AvgIpc) is 3.11. The first-order valence-electron chi connectivity index (χ1n) is 7.11. The molecule has 7 nitrogen and oxygen atoms in total. The van der Waals surface area contributed by atoms with E-state index < -0.39 is 0 Å². The van der Waals surface area contributed by atoms with Crippen LogP contribution >= 0.6 is 11.3 Å². The number of anilines is 1. The van der Waals surface area contributed by atoms with Crippen LogP contribution in [0.25, 0.3) is 0 Å². The maximum Gasteiger partial charge on any atom is 0.226 e. The van der Waals surface area contributed by atoms with Gasteiger partial charge in [0.25, 0.3) is 0 Å². The smallest absolute Gasteiger partial charge is 0.226 e. The van der Waals surface area contributed by atoms with Crippen LogP contribution in [0.15, 0.2) is 23.7 Å². The Balaban J connectivity index is 2.05. The van der Waals surface area contributed by atoms with Crippen molar-refractivity contribution >= 4 is 28.2 Å². The van der Waals surface area contributed by atoms with Gasteiger partial charge in [-0.3, -0.25) is 9.59 Å². The number of nitrogens with zero attached hydrogens (tertiary/aromatic N) is 1. The van der Waals surface area contributed by atoms with Crippen molar-refractivity contribution in [3.05, 3.63) is 29.3 Å². The number of amides is 1. The molecule has 0 aliphatic rings. The first kappa shape index (κ1) is 17.7. The second-order valence-electron chi connectivity index (χ2n) is 4.72. The lowest BCUT2D eigenvalue weighted by Crippen LogP contribution is -2.13. The summed E-state index contributed by atoms with van der Waals surface area (Å²) >= 11 is 1.32. The van der Waals surface area contributed by atoms with Crippen LogP contribution in [0.4, 0.5) is 5.13 Å². The van der Waals surface area contributed by atoms with Gasteiger partial charge in [-0.2, -0.15) is 0 Å². The predicted molar refractivity (Wildman–Crippen MR) is 90.4 cm³/mol. The summed E-state index contributed by atoms with van der Waals surface area (Å²) in [6, 6.07) is 3.14. The molecule has 0 unspecified atom stereocenters. The van der Waals surface area contributed by atoms with Crippen molar-refractivity contribution in [3.63, 3.8) is 0 Å². The summed E-state index contributed by atoms with van der Waals surface area (Å²) in [7, 11) is 4.45. The molecule has 2 rings (SSSR count). The highest BCUT2D eigenvalue weighted by atomic mass is 32.1. The molecular formula is C16H18N2O5S. The number of rotatable bonds is 8. The Morgan fingerprint density at radius 2 is 1.75 bits per heavy atom. The van der Waals surface area contributed by atoms with E-state index in [9.17, 15) is 9.59 Å². The summed E-state index contributed by atoms with van der Waals surface area (Å²) < 4.78 is 15.7. The first-order valence-corrected chi connectivity index (χ1v) is 7.99. The fourth-order valence-electron chi connectivity index (χ4n) is 2.08. The van der Waals surface area contributed by atoms with E-state index in [2.05, 4.69) is 10.3 Å². The Morgan fingerprint density at radius 3 is 2.25 bits per heavy atom. The molecule has 128 valence electrons. The lowest BCUT2D eigenvalue weighted by Gasteiger charge is -2.13. The van der Waals surface area contributed by atoms with Crippen LogP contribution in [0.1, 0.15) is 23.2 Å². The zero-order valence-electron chi connectivity index (χ0n) is 13.6. The van der Waals surface area contributed by atoms with Gasteiger partial charge in [0, 0.05) is 30.0 Å². The summed E-state index contributed by atoms with van der Waals surface area (Å²) in [6.07, 6.45) is 1.73. The van der Waals surface area contributed by atoms with Crippen molar-refractivity contribution in [2.45, 2.75) is 12.8 Å². The molecule has 8 heteroatoms. The molecule has 1 amide bonds. The number of nitrogens with one attached hydrogen (secondary N) is 1. The Labute approximate surface area is 143 Å². The number of ether oxygens (including phenoxy) is 3. The largest absolute Gasteiger partial charge is 0.493 e. The van der Waals surface area contributed by atoms with Gasteiger partial charge in [0.2, 0.25) is 11.7 Å². The summed E-state index contributed by atoms with van der Waals surface area (Å²) in [6.45, 7) is 0. The molecule has 0 saturated heterocycles. The van der Waals surface area contributed by atoms with E-state index in [-0.39, 0.29) is 24.5 Å². The molecule has 0 bridgehead atoms. The number of ketones is 1. The van der Waals surface area contributed by atoms with Gasteiger partial charge < -0.3 is 19.5 Å². The molecule has 0 saturated carbocycles. The van der Waals surface area contributed by atoms with E-state index in [0.717, 1.165) is 0 Å². The molecule has 1 heterocycles. The summed E-state index contributed by atoms with van der Waals surface area (Å²) in [5.74, 6) is 0.757. The van der Waals surface area contributed by atoms with Crippen LogP contribution < -0.4 is 19.5 Å². The quantitative estimate of drug-likeness (QED) is 0.737. The Morgan fingerprint density at radius 1 is 1.08 bits per heavy atom. The molecule has 1 aromatic heterocycles. The minimum atomic E-state index is -0.259. The zero-order chi connectivity index (χ0) is 17.5. The number of Topliss-reactive ketones (excluding diaryl/α,β-unsaturated/α-hetero) is 1. The zero-order valence-corrected chi connectivity index (χ0v) is 14.4. The van der Waals surface area contributed by atoms with Gasteiger partial charge in [-0.15, -0.1) is 11.3 Å². The highest BCUT2D eigenvalue weighted by Gasteiger charge is 2.17. The van der Waals surface area contributed by atoms with Gasteiger partial charge in [-0.05, 0) is 12.1 Å². The Kier molecular flexibility index (Phi) is 6.14. The number of thiazole rings is 1.